The lowest BCUT2D eigenvalue weighted by Gasteiger charge is -2.09. The van der Waals surface area contributed by atoms with Gasteiger partial charge < -0.3 is 14.2 Å². The predicted molar refractivity (Wildman–Crippen MR) is 125 cm³/mol. The van der Waals surface area contributed by atoms with Gasteiger partial charge in [0.1, 0.15) is 11.5 Å². The SMILES string of the molecule is C=C(C)C(=O)OCCCCCCOc1ccc2cc(C(=O)Oc3ccccc3)ccc2c1. The van der Waals surface area contributed by atoms with Crippen molar-refractivity contribution >= 4 is 22.7 Å². The first-order chi connectivity index (χ1) is 15.5. The Morgan fingerprint density at radius 3 is 2.22 bits per heavy atom. The van der Waals surface area contributed by atoms with Gasteiger partial charge in [-0.05, 0) is 79.8 Å². The van der Waals surface area contributed by atoms with E-state index in [1.165, 1.54) is 0 Å². The Bertz CT molecular complexity index is 1070. The van der Waals surface area contributed by atoms with Gasteiger partial charge in [-0.2, -0.15) is 0 Å². The molecule has 0 saturated carbocycles. The van der Waals surface area contributed by atoms with Gasteiger partial charge in [-0.25, -0.2) is 9.59 Å². The van der Waals surface area contributed by atoms with Crippen molar-refractivity contribution in [3.63, 3.8) is 0 Å². The number of esters is 2. The lowest BCUT2D eigenvalue weighted by molar-refractivity contribution is -0.139. The molecular weight excluding hydrogens is 404 g/mol. The van der Waals surface area contributed by atoms with Crippen LogP contribution in [0.3, 0.4) is 0 Å². The minimum atomic E-state index is -0.382. The molecule has 0 amide bonds. The van der Waals surface area contributed by atoms with Gasteiger partial charge in [0.05, 0.1) is 18.8 Å². The Morgan fingerprint density at radius 2 is 1.47 bits per heavy atom. The third-order valence-corrected chi connectivity index (χ3v) is 4.89. The third kappa shape index (κ3) is 6.98. The summed E-state index contributed by atoms with van der Waals surface area (Å²) in [4.78, 5) is 23.7. The first-order valence-corrected chi connectivity index (χ1v) is 10.8. The molecule has 32 heavy (non-hydrogen) atoms. The van der Waals surface area contributed by atoms with Gasteiger partial charge in [-0.15, -0.1) is 0 Å². The first kappa shape index (κ1) is 23.1. The molecule has 0 aliphatic rings. The molecule has 3 aromatic carbocycles. The molecule has 0 atom stereocenters. The van der Waals surface area contributed by atoms with Crippen LogP contribution >= 0.6 is 0 Å². The van der Waals surface area contributed by atoms with E-state index in [4.69, 9.17) is 14.2 Å². The minimum Gasteiger partial charge on any atom is -0.494 e. The van der Waals surface area contributed by atoms with Crippen LogP contribution in [0.1, 0.15) is 43.0 Å². The number of hydrogen-bond acceptors (Lipinski definition) is 5. The van der Waals surface area contributed by atoms with Crippen LogP contribution < -0.4 is 9.47 Å². The van der Waals surface area contributed by atoms with E-state index in [-0.39, 0.29) is 11.9 Å². The fourth-order valence-corrected chi connectivity index (χ4v) is 3.13. The molecule has 0 aliphatic heterocycles. The van der Waals surface area contributed by atoms with Gasteiger partial charge in [0.25, 0.3) is 0 Å². The molecular formula is C27H28O5. The van der Waals surface area contributed by atoms with Crippen LogP contribution in [-0.2, 0) is 9.53 Å². The number of carbonyl (C=O) groups is 2. The standard InChI is InChI=1S/C27H28O5/c1-20(2)26(28)31-17-9-4-3-8-16-30-25-15-14-21-18-23(13-12-22(21)19-25)27(29)32-24-10-6-5-7-11-24/h5-7,10-15,18-19H,1,3-4,8-9,16-17H2,2H3. The van der Waals surface area contributed by atoms with Crippen molar-refractivity contribution in [1.82, 2.24) is 0 Å². The molecule has 0 radical (unpaired) electrons. The van der Waals surface area contributed by atoms with E-state index in [2.05, 4.69) is 6.58 Å². The highest BCUT2D eigenvalue weighted by atomic mass is 16.5. The highest BCUT2D eigenvalue weighted by Gasteiger charge is 2.10. The van der Waals surface area contributed by atoms with Crippen molar-refractivity contribution in [2.75, 3.05) is 13.2 Å². The Morgan fingerprint density at radius 1 is 0.781 bits per heavy atom. The van der Waals surface area contributed by atoms with Crippen LogP contribution in [0.2, 0.25) is 0 Å². The zero-order valence-electron chi connectivity index (χ0n) is 18.3. The Balaban J connectivity index is 1.42. The van der Waals surface area contributed by atoms with E-state index in [0.29, 0.717) is 30.1 Å². The zero-order valence-corrected chi connectivity index (χ0v) is 18.3. The van der Waals surface area contributed by atoms with Crippen molar-refractivity contribution in [2.45, 2.75) is 32.6 Å². The Labute approximate surface area is 188 Å². The second kappa shape index (κ2) is 11.7. The molecule has 0 aliphatic carbocycles. The van der Waals surface area contributed by atoms with Crippen LogP contribution in [0.15, 0.2) is 78.9 Å². The molecule has 5 nitrogen and oxygen atoms in total. The smallest absolute Gasteiger partial charge is 0.343 e. The molecule has 3 aromatic rings. The number of hydrogen-bond donors (Lipinski definition) is 0. The number of rotatable bonds is 11. The minimum absolute atomic E-state index is 0.329. The third-order valence-electron chi connectivity index (χ3n) is 4.89. The van der Waals surface area contributed by atoms with E-state index < -0.39 is 0 Å². The monoisotopic (exact) mass is 432 g/mol. The van der Waals surface area contributed by atoms with Gasteiger partial charge in [0.15, 0.2) is 0 Å². The summed E-state index contributed by atoms with van der Waals surface area (Å²) in [6, 6.07) is 20.3. The summed E-state index contributed by atoms with van der Waals surface area (Å²) in [7, 11) is 0. The molecule has 0 unspecified atom stereocenters. The molecule has 3 rings (SSSR count). The maximum absolute atomic E-state index is 12.4. The fourth-order valence-electron chi connectivity index (χ4n) is 3.13. The molecule has 0 spiro atoms. The summed E-state index contributed by atoms with van der Waals surface area (Å²) in [5.74, 6) is 0.611. The molecule has 5 heteroatoms. The van der Waals surface area contributed by atoms with Crippen molar-refractivity contribution < 1.29 is 23.8 Å². The normalized spacial score (nSPS) is 10.5. The number of ether oxygens (including phenoxy) is 3. The molecule has 0 N–H and O–H groups in total. The fraction of sp³-hybridized carbons (Fsp3) is 0.259. The summed E-state index contributed by atoms with van der Waals surface area (Å²) >= 11 is 0. The van der Waals surface area contributed by atoms with Crippen molar-refractivity contribution in [3.8, 4) is 11.5 Å². The van der Waals surface area contributed by atoms with Crippen molar-refractivity contribution in [1.29, 1.82) is 0 Å². The van der Waals surface area contributed by atoms with Gasteiger partial charge in [-0.1, -0.05) is 36.9 Å². The molecule has 0 saturated heterocycles. The average molecular weight is 433 g/mol. The highest BCUT2D eigenvalue weighted by molar-refractivity contribution is 5.96. The summed E-state index contributed by atoms with van der Waals surface area (Å²) in [6.45, 7) is 6.25. The Kier molecular flexibility index (Phi) is 8.44. The van der Waals surface area contributed by atoms with Crippen LogP contribution in [-0.4, -0.2) is 25.2 Å². The number of fused-ring (bicyclic) bond motifs is 1. The van der Waals surface area contributed by atoms with Crippen LogP contribution in [0.25, 0.3) is 10.8 Å². The summed E-state index contributed by atoms with van der Waals surface area (Å²) in [5, 5.41) is 1.95. The highest BCUT2D eigenvalue weighted by Crippen LogP contribution is 2.23. The molecule has 0 fully saturated rings. The lowest BCUT2D eigenvalue weighted by atomic mass is 10.1. The molecule has 166 valence electrons. The number of unbranched alkanes of at least 4 members (excludes halogenated alkanes) is 3. The van der Waals surface area contributed by atoms with E-state index in [9.17, 15) is 9.59 Å². The van der Waals surface area contributed by atoms with E-state index in [1.807, 2.05) is 48.5 Å². The summed E-state index contributed by atoms with van der Waals surface area (Å²) in [6.07, 6.45) is 3.75. The van der Waals surface area contributed by atoms with Crippen LogP contribution in [0.5, 0.6) is 11.5 Å². The predicted octanol–water partition coefficient (Wildman–Crippen LogP) is 6.12. The van der Waals surface area contributed by atoms with Crippen molar-refractivity contribution in [2.24, 2.45) is 0 Å². The van der Waals surface area contributed by atoms with E-state index in [0.717, 1.165) is 42.2 Å². The average Bonchev–Trinajstić information content (AvgIpc) is 2.80. The lowest BCUT2D eigenvalue weighted by Crippen LogP contribution is -2.08. The summed E-state index contributed by atoms with van der Waals surface area (Å²) < 4.78 is 16.3. The van der Waals surface area contributed by atoms with Gasteiger partial charge in [0.2, 0.25) is 0 Å². The quantitative estimate of drug-likeness (QED) is 0.158. The van der Waals surface area contributed by atoms with Gasteiger partial charge in [-0.3, -0.25) is 0 Å². The topological polar surface area (TPSA) is 61.8 Å². The molecule has 0 heterocycles. The number of benzene rings is 3. The maximum atomic E-state index is 12.4. The number of para-hydroxylation sites is 1. The molecule has 0 bridgehead atoms. The first-order valence-electron chi connectivity index (χ1n) is 10.8. The largest absolute Gasteiger partial charge is 0.494 e. The number of carbonyl (C=O) groups excluding carboxylic acids is 2. The van der Waals surface area contributed by atoms with Crippen LogP contribution in [0.4, 0.5) is 0 Å². The zero-order chi connectivity index (χ0) is 22.8. The second-order valence-corrected chi connectivity index (χ2v) is 7.61. The molecule has 0 aromatic heterocycles. The van der Waals surface area contributed by atoms with Gasteiger partial charge in [0, 0.05) is 5.57 Å². The Hall–Kier alpha value is -3.60. The van der Waals surface area contributed by atoms with E-state index >= 15 is 0 Å². The van der Waals surface area contributed by atoms with Crippen LogP contribution in [0, 0.1) is 0 Å². The van der Waals surface area contributed by atoms with Crippen molar-refractivity contribution in [3.05, 3.63) is 84.4 Å². The summed E-state index contributed by atoms with van der Waals surface area (Å²) in [5.41, 5.74) is 0.932. The maximum Gasteiger partial charge on any atom is 0.343 e. The van der Waals surface area contributed by atoms with E-state index in [1.54, 1.807) is 25.1 Å². The second-order valence-electron chi connectivity index (χ2n) is 7.61. The van der Waals surface area contributed by atoms with Gasteiger partial charge >= 0.3 is 11.9 Å².